The summed E-state index contributed by atoms with van der Waals surface area (Å²) in [7, 11) is 1.93. The third kappa shape index (κ3) is 3.34. The zero-order valence-corrected chi connectivity index (χ0v) is 10.1. The Balaban J connectivity index is 2.31. The molecule has 5 heteroatoms. The van der Waals surface area contributed by atoms with E-state index >= 15 is 0 Å². The van der Waals surface area contributed by atoms with E-state index in [1.165, 1.54) is 0 Å². The Morgan fingerprint density at radius 3 is 2.81 bits per heavy atom. The summed E-state index contributed by atoms with van der Waals surface area (Å²) in [6.07, 6.45) is 4.36. The van der Waals surface area contributed by atoms with Gasteiger partial charge in [-0.3, -0.25) is 4.79 Å². The fourth-order valence-electron chi connectivity index (χ4n) is 1.36. The smallest absolute Gasteiger partial charge is 0.237 e. The number of rotatable bonds is 5. The third-order valence-electron chi connectivity index (χ3n) is 2.59. The topological polar surface area (TPSA) is 72.9 Å². The molecule has 90 valence electrons. The van der Waals surface area contributed by atoms with Crippen LogP contribution in [0.3, 0.4) is 0 Å². The van der Waals surface area contributed by atoms with Gasteiger partial charge in [0, 0.05) is 32.4 Å². The summed E-state index contributed by atoms with van der Waals surface area (Å²) in [6.45, 7) is 4.44. The van der Waals surface area contributed by atoms with Crippen molar-refractivity contribution in [3.8, 4) is 0 Å². The number of nitrogens with one attached hydrogen (secondary N) is 1. The number of imidazole rings is 1. The van der Waals surface area contributed by atoms with Crippen LogP contribution in [0, 0.1) is 5.92 Å². The lowest BCUT2D eigenvalue weighted by molar-refractivity contribution is -0.123. The number of amides is 1. The SMILES string of the molecule is CC(C)[C@@H](N)C(=O)NCCc1nccn1C. The highest BCUT2D eigenvalue weighted by molar-refractivity contribution is 5.81. The second-order valence-electron chi connectivity index (χ2n) is 4.27. The molecule has 3 N–H and O–H groups in total. The van der Waals surface area contributed by atoms with Gasteiger partial charge in [-0.25, -0.2) is 4.98 Å². The molecule has 0 bridgehead atoms. The van der Waals surface area contributed by atoms with Crippen molar-refractivity contribution < 1.29 is 4.79 Å². The second-order valence-corrected chi connectivity index (χ2v) is 4.27. The summed E-state index contributed by atoms with van der Waals surface area (Å²) < 4.78 is 1.94. The van der Waals surface area contributed by atoms with Crippen molar-refractivity contribution in [1.29, 1.82) is 0 Å². The highest BCUT2D eigenvalue weighted by Crippen LogP contribution is 1.98. The number of hydrogen-bond acceptors (Lipinski definition) is 3. The van der Waals surface area contributed by atoms with Gasteiger partial charge in [-0.2, -0.15) is 0 Å². The average molecular weight is 224 g/mol. The van der Waals surface area contributed by atoms with E-state index in [9.17, 15) is 4.79 Å². The normalized spacial score (nSPS) is 12.8. The molecule has 1 rings (SSSR count). The van der Waals surface area contributed by atoms with Crippen molar-refractivity contribution in [3.05, 3.63) is 18.2 Å². The number of nitrogens with two attached hydrogens (primary N) is 1. The van der Waals surface area contributed by atoms with Gasteiger partial charge in [0.25, 0.3) is 0 Å². The van der Waals surface area contributed by atoms with E-state index in [1.807, 2.05) is 31.7 Å². The van der Waals surface area contributed by atoms with E-state index in [4.69, 9.17) is 5.73 Å². The van der Waals surface area contributed by atoms with Crippen LogP contribution in [0.15, 0.2) is 12.4 Å². The van der Waals surface area contributed by atoms with E-state index < -0.39 is 6.04 Å². The van der Waals surface area contributed by atoms with Gasteiger partial charge in [0.1, 0.15) is 5.82 Å². The molecule has 0 fully saturated rings. The zero-order chi connectivity index (χ0) is 12.1. The Morgan fingerprint density at radius 2 is 2.31 bits per heavy atom. The van der Waals surface area contributed by atoms with Crippen LogP contribution in [0.25, 0.3) is 0 Å². The number of carbonyl (C=O) groups is 1. The maximum Gasteiger partial charge on any atom is 0.237 e. The lowest BCUT2D eigenvalue weighted by Gasteiger charge is -2.15. The quantitative estimate of drug-likeness (QED) is 0.743. The molecule has 0 unspecified atom stereocenters. The molecule has 1 amide bonds. The lowest BCUT2D eigenvalue weighted by atomic mass is 10.1. The Morgan fingerprint density at radius 1 is 1.62 bits per heavy atom. The Kier molecular flexibility index (Phi) is 4.49. The maximum atomic E-state index is 11.5. The molecule has 16 heavy (non-hydrogen) atoms. The summed E-state index contributed by atoms with van der Waals surface area (Å²) in [5, 5.41) is 2.81. The summed E-state index contributed by atoms with van der Waals surface area (Å²) in [4.78, 5) is 15.7. The largest absolute Gasteiger partial charge is 0.354 e. The van der Waals surface area contributed by atoms with Gasteiger partial charge in [-0.1, -0.05) is 13.8 Å². The van der Waals surface area contributed by atoms with Crippen LogP contribution in [-0.2, 0) is 18.3 Å². The Hall–Kier alpha value is -1.36. The van der Waals surface area contributed by atoms with Crippen LogP contribution >= 0.6 is 0 Å². The minimum Gasteiger partial charge on any atom is -0.354 e. The zero-order valence-electron chi connectivity index (χ0n) is 10.1. The van der Waals surface area contributed by atoms with Crippen LogP contribution in [0.5, 0.6) is 0 Å². The molecule has 1 aromatic heterocycles. The number of carbonyl (C=O) groups excluding carboxylic acids is 1. The minimum absolute atomic E-state index is 0.0933. The molecule has 5 nitrogen and oxygen atoms in total. The highest BCUT2D eigenvalue weighted by Gasteiger charge is 2.16. The van der Waals surface area contributed by atoms with Crippen molar-refractivity contribution >= 4 is 5.91 Å². The van der Waals surface area contributed by atoms with Crippen molar-refractivity contribution in [2.75, 3.05) is 6.54 Å². The molecule has 0 saturated heterocycles. The predicted octanol–water partition coefficient (Wildman–Crippen LogP) is 0.0621. The van der Waals surface area contributed by atoms with E-state index in [0.717, 1.165) is 12.2 Å². The molecule has 0 aliphatic carbocycles. The summed E-state index contributed by atoms with van der Waals surface area (Å²) in [5.41, 5.74) is 5.72. The molecule has 0 aromatic carbocycles. The molecular weight excluding hydrogens is 204 g/mol. The predicted molar refractivity (Wildman–Crippen MR) is 62.7 cm³/mol. The monoisotopic (exact) mass is 224 g/mol. The summed E-state index contributed by atoms with van der Waals surface area (Å²) >= 11 is 0. The highest BCUT2D eigenvalue weighted by atomic mass is 16.2. The molecule has 1 atom stereocenters. The van der Waals surface area contributed by atoms with Gasteiger partial charge < -0.3 is 15.6 Å². The number of aryl methyl sites for hydroxylation is 1. The molecule has 1 heterocycles. The van der Waals surface area contributed by atoms with Gasteiger partial charge in [-0.15, -0.1) is 0 Å². The maximum absolute atomic E-state index is 11.5. The number of aromatic nitrogens is 2. The van der Waals surface area contributed by atoms with Gasteiger partial charge in [0.05, 0.1) is 6.04 Å². The average Bonchev–Trinajstić information content (AvgIpc) is 2.63. The first-order valence-electron chi connectivity index (χ1n) is 5.52. The lowest BCUT2D eigenvalue weighted by Crippen LogP contribution is -2.44. The van der Waals surface area contributed by atoms with Crippen LogP contribution in [0.4, 0.5) is 0 Å². The first-order valence-corrected chi connectivity index (χ1v) is 5.52. The van der Waals surface area contributed by atoms with Crippen LogP contribution < -0.4 is 11.1 Å². The van der Waals surface area contributed by atoms with E-state index in [0.29, 0.717) is 6.54 Å². The first kappa shape index (κ1) is 12.7. The van der Waals surface area contributed by atoms with Crippen molar-refractivity contribution in [2.24, 2.45) is 18.7 Å². The molecule has 0 saturated carbocycles. The van der Waals surface area contributed by atoms with Gasteiger partial charge >= 0.3 is 0 Å². The number of nitrogens with zero attached hydrogens (tertiary/aromatic N) is 2. The van der Waals surface area contributed by atoms with E-state index in [2.05, 4.69) is 10.3 Å². The van der Waals surface area contributed by atoms with Gasteiger partial charge in [0.2, 0.25) is 5.91 Å². The first-order chi connectivity index (χ1) is 7.52. The Bertz CT molecular complexity index is 346. The molecule has 0 aliphatic rings. The molecule has 0 aliphatic heterocycles. The van der Waals surface area contributed by atoms with Crippen molar-refractivity contribution in [1.82, 2.24) is 14.9 Å². The fourth-order valence-corrected chi connectivity index (χ4v) is 1.36. The van der Waals surface area contributed by atoms with Crippen LogP contribution in [-0.4, -0.2) is 28.0 Å². The van der Waals surface area contributed by atoms with Crippen molar-refractivity contribution in [2.45, 2.75) is 26.3 Å². The standard InChI is InChI=1S/C11H20N4O/c1-8(2)10(12)11(16)14-5-4-9-13-6-7-15(9)3/h6-8,10H,4-5,12H2,1-3H3,(H,14,16)/t10-/m1/s1. The van der Waals surface area contributed by atoms with Crippen LogP contribution in [0.2, 0.25) is 0 Å². The van der Waals surface area contributed by atoms with Crippen molar-refractivity contribution in [3.63, 3.8) is 0 Å². The molecule has 1 aromatic rings. The second kappa shape index (κ2) is 5.65. The fraction of sp³-hybridized carbons (Fsp3) is 0.636. The minimum atomic E-state index is -0.429. The van der Waals surface area contributed by atoms with E-state index in [-0.39, 0.29) is 11.8 Å². The molecular formula is C11H20N4O. The van der Waals surface area contributed by atoms with E-state index in [1.54, 1.807) is 6.20 Å². The third-order valence-corrected chi connectivity index (χ3v) is 2.59. The molecule has 0 spiro atoms. The number of hydrogen-bond donors (Lipinski definition) is 2. The van der Waals surface area contributed by atoms with Crippen LogP contribution in [0.1, 0.15) is 19.7 Å². The van der Waals surface area contributed by atoms with Gasteiger partial charge in [0.15, 0.2) is 0 Å². The van der Waals surface area contributed by atoms with Gasteiger partial charge in [-0.05, 0) is 5.92 Å². The Labute approximate surface area is 96.0 Å². The summed E-state index contributed by atoms with van der Waals surface area (Å²) in [5.74, 6) is 1.02. The summed E-state index contributed by atoms with van der Waals surface area (Å²) in [6, 6.07) is -0.429. The molecule has 0 radical (unpaired) electrons.